The monoisotopic (exact) mass is 716 g/mol. The molecule has 0 atom stereocenters. The molecule has 4 heterocycles. The van der Waals surface area contributed by atoms with Crippen molar-refractivity contribution in [3.05, 3.63) is 72.7 Å². The molecule has 0 amide bonds. The van der Waals surface area contributed by atoms with Crippen molar-refractivity contribution in [3.63, 3.8) is 0 Å². The lowest BCUT2D eigenvalue weighted by Crippen LogP contribution is -3.00. The Bertz CT molecular complexity index is 1230. The maximum Gasteiger partial charge on any atom is 0.338 e. The Labute approximate surface area is 265 Å². The molecule has 0 saturated carbocycles. The number of carbonyl (C=O) groups excluding carboxylic acids is 2. The molecule has 0 spiro atoms. The van der Waals surface area contributed by atoms with Gasteiger partial charge in [0.2, 0.25) is 0 Å². The van der Waals surface area contributed by atoms with Gasteiger partial charge >= 0.3 is 11.9 Å². The Morgan fingerprint density at radius 3 is 1.95 bits per heavy atom. The number of cyclic esters (lactones) is 2. The summed E-state index contributed by atoms with van der Waals surface area (Å²) < 4.78 is 12.2. The number of allylic oxidation sites excluding steroid dienone is 1. The highest BCUT2D eigenvalue weighted by molar-refractivity contribution is 9.11. The van der Waals surface area contributed by atoms with E-state index in [-0.39, 0.29) is 36.8 Å². The van der Waals surface area contributed by atoms with Gasteiger partial charge in [0.05, 0.1) is 37.3 Å². The predicted octanol–water partition coefficient (Wildman–Crippen LogP) is -1.86. The number of piperidine rings is 2. The first-order valence-corrected chi connectivity index (χ1v) is 15.4. The second-order valence-electron chi connectivity index (χ2n) is 10.6. The molecule has 0 aromatic heterocycles. The van der Waals surface area contributed by atoms with Crippen molar-refractivity contribution in [2.24, 2.45) is 11.8 Å². The summed E-state index contributed by atoms with van der Waals surface area (Å²) >= 11 is 7.24. The zero-order chi connectivity index (χ0) is 26.5. The second-order valence-corrected chi connectivity index (χ2v) is 12.2. The highest BCUT2D eigenvalue weighted by atomic mass is 79.9. The molecule has 10 heteroatoms. The number of benzene rings is 2. The summed E-state index contributed by atoms with van der Waals surface area (Å²) in [7, 11) is 0. The summed E-state index contributed by atoms with van der Waals surface area (Å²) in [6.45, 7) is 5.80. The number of quaternary nitrogens is 2. The van der Waals surface area contributed by atoms with E-state index in [9.17, 15) is 9.59 Å². The third-order valence-electron chi connectivity index (χ3n) is 8.14. The molecule has 2 aromatic carbocycles. The van der Waals surface area contributed by atoms with Gasteiger partial charge in [0.15, 0.2) is 0 Å². The minimum atomic E-state index is -0.214. The number of fused-ring (bicyclic) bond motifs is 2. The minimum Gasteiger partial charge on any atom is -1.00 e. The Kier molecular flexibility index (Phi) is 13.0. The van der Waals surface area contributed by atoms with E-state index in [0.717, 1.165) is 43.5 Å². The summed E-state index contributed by atoms with van der Waals surface area (Å²) in [6.07, 6.45) is 12.0. The van der Waals surface area contributed by atoms with E-state index in [1.165, 1.54) is 63.8 Å². The summed E-state index contributed by atoms with van der Waals surface area (Å²) in [5.74, 6) is 1.14. The van der Waals surface area contributed by atoms with Gasteiger partial charge < -0.3 is 44.9 Å². The molecule has 0 unspecified atom stereocenters. The molecule has 218 valence electrons. The van der Waals surface area contributed by atoms with Crippen LogP contribution in [0.2, 0.25) is 0 Å². The Morgan fingerprint density at radius 2 is 1.32 bits per heavy atom. The van der Waals surface area contributed by atoms with Crippen molar-refractivity contribution in [3.8, 4) is 0 Å². The average Bonchev–Trinajstić information content (AvgIpc) is 3.52. The minimum absolute atomic E-state index is 0. The topological polar surface area (TPSA) is 85.8 Å². The van der Waals surface area contributed by atoms with Crippen LogP contribution in [0, 0.1) is 11.8 Å². The SMILES string of the molecule is O=C1OCc2c1ccc(/C=C\C1CC[NH2+]CC1)c2Br.O=C1OCc2c1ccc(CCC1CC[NH2+]CC1)c2Br.[Cl-].[Cl-]. The fourth-order valence-corrected chi connectivity index (χ4v) is 7.01. The van der Waals surface area contributed by atoms with Crippen LogP contribution < -0.4 is 35.4 Å². The number of aryl methyl sites for hydroxylation is 1. The molecule has 6 rings (SSSR count). The van der Waals surface area contributed by atoms with Crippen molar-refractivity contribution >= 4 is 49.9 Å². The van der Waals surface area contributed by atoms with E-state index < -0.39 is 0 Å². The number of hydrogen-bond acceptors (Lipinski definition) is 4. The standard InChI is InChI=1S/C15H18BrNO2.C15H16BrNO2.2ClH/c2*16-14-11(2-1-10-5-7-17-8-6-10)3-4-12-13(14)9-19-15(12)18;;/h3-4,10,17H,1-2,5-9H2;1-4,10,17H,5-9H2;2*1H/b;2-1-;;. The van der Waals surface area contributed by atoms with Gasteiger partial charge in [-0.2, -0.15) is 0 Å². The second kappa shape index (κ2) is 15.7. The molecule has 0 bridgehead atoms. The lowest BCUT2D eigenvalue weighted by Gasteiger charge is -2.20. The lowest BCUT2D eigenvalue weighted by molar-refractivity contribution is -0.665. The molecule has 0 aliphatic carbocycles. The van der Waals surface area contributed by atoms with Gasteiger partial charge in [-0.1, -0.05) is 40.2 Å². The molecule has 4 N–H and O–H groups in total. The molecule has 2 saturated heterocycles. The Hall–Kier alpha value is -1.42. The molecule has 0 radical (unpaired) electrons. The molecule has 6 nitrogen and oxygen atoms in total. The van der Waals surface area contributed by atoms with Gasteiger partial charge in [-0.15, -0.1) is 0 Å². The van der Waals surface area contributed by atoms with Crippen LogP contribution in [0.25, 0.3) is 6.08 Å². The van der Waals surface area contributed by atoms with E-state index in [1.54, 1.807) is 0 Å². The predicted molar refractivity (Wildman–Crippen MR) is 153 cm³/mol. The Balaban J connectivity index is 0.000000210. The van der Waals surface area contributed by atoms with E-state index >= 15 is 0 Å². The molecule has 4 aliphatic rings. The lowest BCUT2D eigenvalue weighted by atomic mass is 9.91. The molecule has 2 aromatic rings. The van der Waals surface area contributed by atoms with Crippen LogP contribution in [0.3, 0.4) is 0 Å². The molecule has 4 aliphatic heterocycles. The van der Waals surface area contributed by atoms with Crippen molar-refractivity contribution in [1.82, 2.24) is 0 Å². The summed E-state index contributed by atoms with van der Waals surface area (Å²) in [4.78, 5) is 23.0. The van der Waals surface area contributed by atoms with E-state index in [2.05, 4.69) is 60.7 Å². The van der Waals surface area contributed by atoms with Gasteiger partial charge in [-0.3, -0.25) is 0 Å². The third-order valence-corrected chi connectivity index (χ3v) is 10.1. The first kappa shape index (κ1) is 33.1. The van der Waals surface area contributed by atoms with Gasteiger partial charge in [-0.05, 0) is 76.7 Å². The number of ether oxygens (including phenoxy) is 2. The van der Waals surface area contributed by atoms with Crippen LogP contribution in [0.5, 0.6) is 0 Å². The average molecular weight is 719 g/mol. The van der Waals surface area contributed by atoms with Gasteiger partial charge in [-0.25, -0.2) is 9.59 Å². The first-order valence-electron chi connectivity index (χ1n) is 13.8. The number of nitrogens with two attached hydrogens (primary N) is 2. The zero-order valence-corrected chi connectivity index (χ0v) is 27.1. The van der Waals surface area contributed by atoms with Crippen molar-refractivity contribution in [1.29, 1.82) is 0 Å². The zero-order valence-electron chi connectivity index (χ0n) is 22.4. The maximum absolute atomic E-state index is 11.5. The number of halogens is 4. The highest BCUT2D eigenvalue weighted by Crippen LogP contribution is 2.33. The van der Waals surface area contributed by atoms with Crippen LogP contribution in [0.15, 0.2) is 39.3 Å². The van der Waals surface area contributed by atoms with E-state index in [0.29, 0.717) is 24.7 Å². The number of carbonyl (C=O) groups is 2. The van der Waals surface area contributed by atoms with Gasteiger partial charge in [0.25, 0.3) is 0 Å². The molecule has 2 fully saturated rings. The Morgan fingerprint density at radius 1 is 0.775 bits per heavy atom. The number of esters is 2. The summed E-state index contributed by atoms with van der Waals surface area (Å²) in [5.41, 5.74) is 5.86. The third kappa shape index (κ3) is 7.90. The van der Waals surface area contributed by atoms with Crippen molar-refractivity contribution in [2.75, 3.05) is 26.2 Å². The van der Waals surface area contributed by atoms with Crippen LogP contribution in [-0.4, -0.2) is 38.1 Å². The molecule has 40 heavy (non-hydrogen) atoms. The van der Waals surface area contributed by atoms with Gasteiger partial charge in [0, 0.05) is 32.9 Å². The first-order chi connectivity index (χ1) is 18.5. The van der Waals surface area contributed by atoms with Crippen molar-refractivity contribution < 1.29 is 54.5 Å². The van der Waals surface area contributed by atoms with Crippen molar-refractivity contribution in [2.45, 2.75) is 51.7 Å². The van der Waals surface area contributed by atoms with Crippen LogP contribution in [0.4, 0.5) is 0 Å². The smallest absolute Gasteiger partial charge is 0.338 e. The number of rotatable bonds is 5. The van der Waals surface area contributed by atoms with Crippen LogP contribution in [-0.2, 0) is 29.1 Å². The van der Waals surface area contributed by atoms with E-state index in [4.69, 9.17) is 9.47 Å². The maximum atomic E-state index is 11.5. The van der Waals surface area contributed by atoms with Crippen LogP contribution in [0.1, 0.15) is 75.1 Å². The highest BCUT2D eigenvalue weighted by Gasteiger charge is 2.26. The fourth-order valence-electron chi connectivity index (χ4n) is 5.76. The summed E-state index contributed by atoms with van der Waals surface area (Å²) in [6, 6.07) is 7.84. The van der Waals surface area contributed by atoms with E-state index in [1.807, 2.05) is 18.2 Å². The molecular weight excluding hydrogens is 683 g/mol. The quantitative estimate of drug-likeness (QED) is 0.356. The normalized spacial score (nSPS) is 18.6. The largest absolute Gasteiger partial charge is 1.00 e. The summed E-state index contributed by atoms with van der Waals surface area (Å²) in [5, 5.41) is 4.78. The van der Waals surface area contributed by atoms with Gasteiger partial charge in [0.1, 0.15) is 13.2 Å². The fraction of sp³-hybridized carbons (Fsp3) is 0.467. The number of hydrogen-bond donors (Lipinski definition) is 2. The molecular formula is C30H36Br2Cl2N2O4. The van der Waals surface area contributed by atoms with Crippen LogP contribution >= 0.6 is 31.9 Å².